The molecule has 0 atom stereocenters. The van der Waals surface area contributed by atoms with Gasteiger partial charge in [-0.2, -0.15) is 0 Å². The van der Waals surface area contributed by atoms with Crippen LogP contribution in [0, 0.1) is 0 Å². The molecule has 0 fully saturated rings. The Kier molecular flexibility index (Phi) is 4.02. The second-order valence-electron chi connectivity index (χ2n) is 4.25. The molecule has 0 saturated heterocycles. The average molecular weight is 276 g/mol. The summed E-state index contributed by atoms with van der Waals surface area (Å²) in [5.74, 6) is -0.247. The van der Waals surface area contributed by atoms with Gasteiger partial charge in [-0.1, -0.05) is 17.7 Å². The van der Waals surface area contributed by atoms with Gasteiger partial charge in [-0.05, 0) is 24.3 Å². The summed E-state index contributed by atoms with van der Waals surface area (Å²) in [6.07, 6.45) is 2.99. The molecular formula is C14H14ClN3O. The third-order valence-corrected chi connectivity index (χ3v) is 2.94. The molecule has 0 aliphatic rings. The molecule has 0 unspecified atom stereocenters. The van der Waals surface area contributed by atoms with Gasteiger partial charge >= 0.3 is 0 Å². The molecule has 1 aromatic carbocycles. The summed E-state index contributed by atoms with van der Waals surface area (Å²) in [5, 5.41) is 3.15. The molecule has 1 aromatic heterocycles. The lowest BCUT2D eigenvalue weighted by molar-refractivity contribution is 0.102. The van der Waals surface area contributed by atoms with E-state index >= 15 is 0 Å². The molecule has 0 spiro atoms. The van der Waals surface area contributed by atoms with Gasteiger partial charge in [0.05, 0.1) is 10.6 Å². The van der Waals surface area contributed by atoms with E-state index in [1.165, 1.54) is 12.4 Å². The van der Waals surface area contributed by atoms with Gasteiger partial charge in [0.1, 0.15) is 0 Å². The van der Waals surface area contributed by atoms with E-state index in [0.29, 0.717) is 10.6 Å². The van der Waals surface area contributed by atoms with E-state index < -0.39 is 0 Å². The molecule has 0 radical (unpaired) electrons. The van der Waals surface area contributed by atoms with Crippen LogP contribution in [0.4, 0.5) is 11.4 Å². The highest BCUT2D eigenvalue weighted by molar-refractivity contribution is 6.34. The van der Waals surface area contributed by atoms with Crippen LogP contribution in [-0.2, 0) is 0 Å². The van der Waals surface area contributed by atoms with Crippen LogP contribution in [0.25, 0.3) is 0 Å². The Morgan fingerprint density at radius 2 is 2.11 bits per heavy atom. The number of pyridine rings is 1. The number of nitrogens with zero attached hydrogens (tertiary/aromatic N) is 2. The van der Waals surface area contributed by atoms with Crippen LogP contribution in [-0.4, -0.2) is 25.0 Å². The molecular weight excluding hydrogens is 262 g/mol. The molecule has 2 rings (SSSR count). The third kappa shape index (κ3) is 3.23. The molecule has 5 heteroatoms. The van der Waals surface area contributed by atoms with Gasteiger partial charge in [0.15, 0.2) is 0 Å². The van der Waals surface area contributed by atoms with Crippen molar-refractivity contribution in [2.75, 3.05) is 24.3 Å². The number of benzene rings is 1. The first-order chi connectivity index (χ1) is 9.08. The monoisotopic (exact) mass is 275 g/mol. The van der Waals surface area contributed by atoms with Crippen LogP contribution in [0.2, 0.25) is 5.02 Å². The number of carbonyl (C=O) groups excluding carboxylic acids is 1. The van der Waals surface area contributed by atoms with Gasteiger partial charge in [0.2, 0.25) is 0 Å². The van der Waals surface area contributed by atoms with Crippen LogP contribution in [0.15, 0.2) is 42.7 Å². The van der Waals surface area contributed by atoms with Crippen molar-refractivity contribution in [2.45, 2.75) is 0 Å². The minimum absolute atomic E-state index is 0.247. The van der Waals surface area contributed by atoms with Gasteiger partial charge < -0.3 is 10.2 Å². The Morgan fingerprint density at radius 1 is 1.32 bits per heavy atom. The molecule has 1 heterocycles. The highest BCUT2D eigenvalue weighted by atomic mass is 35.5. The molecule has 98 valence electrons. The van der Waals surface area contributed by atoms with Crippen molar-refractivity contribution in [1.29, 1.82) is 0 Å². The molecule has 4 nitrogen and oxygen atoms in total. The van der Waals surface area contributed by atoms with E-state index in [0.717, 1.165) is 11.4 Å². The Balaban J connectivity index is 2.20. The first-order valence-corrected chi connectivity index (χ1v) is 6.14. The number of carbonyl (C=O) groups is 1. The Bertz CT molecular complexity index is 599. The smallest absolute Gasteiger partial charge is 0.257 e. The van der Waals surface area contributed by atoms with Gasteiger partial charge in [-0.25, -0.2) is 0 Å². The number of hydrogen-bond donors (Lipinski definition) is 1. The Hall–Kier alpha value is -2.07. The SMILES string of the molecule is CN(C)c1cccc(NC(=O)c2ccncc2Cl)c1. The predicted molar refractivity (Wildman–Crippen MR) is 78.0 cm³/mol. The molecule has 19 heavy (non-hydrogen) atoms. The average Bonchev–Trinajstić information content (AvgIpc) is 2.39. The van der Waals surface area contributed by atoms with Crippen molar-refractivity contribution >= 4 is 28.9 Å². The van der Waals surface area contributed by atoms with E-state index in [4.69, 9.17) is 11.6 Å². The lowest BCUT2D eigenvalue weighted by Crippen LogP contribution is -2.14. The lowest BCUT2D eigenvalue weighted by Gasteiger charge is -2.14. The minimum Gasteiger partial charge on any atom is -0.378 e. The van der Waals surface area contributed by atoms with Crippen LogP contribution >= 0.6 is 11.6 Å². The summed E-state index contributed by atoms with van der Waals surface area (Å²) in [7, 11) is 3.89. The van der Waals surface area contributed by atoms with Crippen molar-refractivity contribution in [3.8, 4) is 0 Å². The summed E-state index contributed by atoms with van der Waals surface area (Å²) in [4.78, 5) is 17.9. The zero-order chi connectivity index (χ0) is 13.8. The molecule has 0 saturated carbocycles. The van der Waals surface area contributed by atoms with Crippen molar-refractivity contribution in [3.63, 3.8) is 0 Å². The zero-order valence-corrected chi connectivity index (χ0v) is 11.5. The molecule has 1 amide bonds. The second kappa shape index (κ2) is 5.71. The van der Waals surface area contributed by atoms with Gasteiger partial charge in [-0.15, -0.1) is 0 Å². The minimum atomic E-state index is -0.247. The maximum absolute atomic E-state index is 12.1. The third-order valence-electron chi connectivity index (χ3n) is 2.64. The quantitative estimate of drug-likeness (QED) is 0.936. The Labute approximate surface area is 117 Å². The van der Waals surface area contributed by atoms with E-state index in [1.807, 2.05) is 43.3 Å². The number of anilines is 2. The van der Waals surface area contributed by atoms with Crippen LogP contribution in [0.3, 0.4) is 0 Å². The van der Waals surface area contributed by atoms with E-state index in [9.17, 15) is 4.79 Å². The van der Waals surface area contributed by atoms with Gasteiger partial charge in [0, 0.05) is 37.9 Å². The van der Waals surface area contributed by atoms with Crippen LogP contribution in [0.1, 0.15) is 10.4 Å². The van der Waals surface area contributed by atoms with Gasteiger partial charge in [0.25, 0.3) is 5.91 Å². The number of halogens is 1. The zero-order valence-electron chi connectivity index (χ0n) is 10.7. The van der Waals surface area contributed by atoms with Crippen molar-refractivity contribution in [2.24, 2.45) is 0 Å². The summed E-state index contributed by atoms with van der Waals surface area (Å²) < 4.78 is 0. The maximum Gasteiger partial charge on any atom is 0.257 e. The van der Waals surface area contributed by atoms with Crippen molar-refractivity contribution < 1.29 is 4.79 Å². The topological polar surface area (TPSA) is 45.2 Å². The number of nitrogens with one attached hydrogen (secondary N) is 1. The molecule has 0 bridgehead atoms. The summed E-state index contributed by atoms with van der Waals surface area (Å²) in [5.41, 5.74) is 2.15. The largest absolute Gasteiger partial charge is 0.378 e. The van der Waals surface area contributed by atoms with Crippen molar-refractivity contribution in [1.82, 2.24) is 4.98 Å². The molecule has 1 N–H and O–H groups in total. The first-order valence-electron chi connectivity index (χ1n) is 5.76. The van der Waals surface area contributed by atoms with E-state index in [2.05, 4.69) is 10.3 Å². The Morgan fingerprint density at radius 3 is 2.79 bits per heavy atom. The number of hydrogen-bond acceptors (Lipinski definition) is 3. The second-order valence-corrected chi connectivity index (χ2v) is 4.66. The van der Waals surface area contributed by atoms with E-state index in [1.54, 1.807) is 6.07 Å². The number of rotatable bonds is 3. The fourth-order valence-corrected chi connectivity index (χ4v) is 1.82. The first kappa shape index (κ1) is 13.4. The van der Waals surface area contributed by atoms with Crippen molar-refractivity contribution in [3.05, 3.63) is 53.3 Å². The number of aromatic nitrogens is 1. The van der Waals surface area contributed by atoms with E-state index in [-0.39, 0.29) is 5.91 Å². The normalized spacial score (nSPS) is 10.1. The van der Waals surface area contributed by atoms with Gasteiger partial charge in [-0.3, -0.25) is 9.78 Å². The fourth-order valence-electron chi connectivity index (χ4n) is 1.62. The molecule has 0 aliphatic carbocycles. The summed E-state index contributed by atoms with van der Waals surface area (Å²) in [6.45, 7) is 0. The lowest BCUT2D eigenvalue weighted by atomic mass is 10.2. The predicted octanol–water partition coefficient (Wildman–Crippen LogP) is 3.05. The highest BCUT2D eigenvalue weighted by Gasteiger charge is 2.10. The highest BCUT2D eigenvalue weighted by Crippen LogP contribution is 2.19. The summed E-state index contributed by atoms with van der Waals surface area (Å²) in [6, 6.07) is 9.18. The standard InChI is InChI=1S/C14H14ClN3O/c1-18(2)11-5-3-4-10(8-11)17-14(19)12-6-7-16-9-13(12)15/h3-9H,1-2H3,(H,17,19). The number of amides is 1. The fraction of sp³-hybridized carbons (Fsp3) is 0.143. The maximum atomic E-state index is 12.1. The summed E-state index contributed by atoms with van der Waals surface area (Å²) >= 11 is 5.94. The molecule has 0 aliphatic heterocycles. The van der Waals surface area contributed by atoms with Crippen LogP contribution in [0.5, 0.6) is 0 Å². The molecule has 2 aromatic rings. The van der Waals surface area contributed by atoms with Crippen LogP contribution < -0.4 is 10.2 Å².